The molecule has 1 fully saturated rings. The van der Waals surface area contributed by atoms with Crippen molar-refractivity contribution in [2.24, 2.45) is 0 Å². The number of para-hydroxylation sites is 1. The Kier molecular flexibility index (Phi) is 6.51. The number of carbonyl (C=O) groups is 1. The molecule has 1 aliphatic heterocycles. The van der Waals surface area contributed by atoms with Gasteiger partial charge in [0.05, 0.1) is 5.56 Å². The van der Waals surface area contributed by atoms with Gasteiger partial charge in [-0.3, -0.25) is 4.79 Å². The molecule has 0 bridgehead atoms. The van der Waals surface area contributed by atoms with Crippen LogP contribution < -0.4 is 10.2 Å². The van der Waals surface area contributed by atoms with Crippen LogP contribution in [0, 0.1) is 0 Å². The van der Waals surface area contributed by atoms with Gasteiger partial charge < -0.3 is 15.1 Å². The van der Waals surface area contributed by atoms with Gasteiger partial charge in [0, 0.05) is 43.3 Å². The molecule has 0 saturated carbocycles. The number of hydrogen-bond acceptors (Lipinski definition) is 4. The molecule has 1 amide bonds. The van der Waals surface area contributed by atoms with Crippen molar-refractivity contribution < 1.29 is 18.0 Å². The Labute approximate surface area is 166 Å². The molecule has 0 atom stereocenters. The highest BCUT2D eigenvalue weighted by Gasteiger charge is 2.31. The predicted octanol–water partition coefficient (Wildman–Crippen LogP) is 3.98. The molecular weight excluding hydrogens is 387 g/mol. The molecule has 1 N–H and O–H groups in total. The van der Waals surface area contributed by atoms with E-state index in [1.807, 2.05) is 24.3 Å². The molecule has 2 aromatic rings. The fraction of sp³-hybridized carbons (Fsp3) is 0.350. The smallest absolute Gasteiger partial charge is 0.369 e. The van der Waals surface area contributed by atoms with E-state index in [4.69, 9.17) is 0 Å². The first-order valence-corrected chi connectivity index (χ1v) is 9.79. The summed E-state index contributed by atoms with van der Waals surface area (Å²) in [6, 6.07) is 13.6. The average molecular weight is 409 g/mol. The zero-order chi connectivity index (χ0) is 20.1. The highest BCUT2D eigenvalue weighted by Crippen LogP contribution is 2.38. The summed E-state index contributed by atoms with van der Waals surface area (Å²) in [6.07, 6.45) is 0. The summed E-state index contributed by atoms with van der Waals surface area (Å²) in [4.78, 5) is 17.0. The Hall–Kier alpha value is -2.19. The van der Waals surface area contributed by atoms with Crippen molar-refractivity contribution in [2.75, 3.05) is 38.1 Å². The zero-order valence-electron chi connectivity index (χ0n) is 15.5. The number of anilines is 1. The van der Waals surface area contributed by atoms with Gasteiger partial charge in [-0.15, -0.1) is 0 Å². The van der Waals surface area contributed by atoms with Crippen LogP contribution in [0.2, 0.25) is 0 Å². The summed E-state index contributed by atoms with van der Waals surface area (Å²) in [7, 11) is 2.08. The Morgan fingerprint density at radius 1 is 1.04 bits per heavy atom. The molecule has 150 valence electrons. The van der Waals surface area contributed by atoms with Gasteiger partial charge in [-0.2, -0.15) is 13.2 Å². The second kappa shape index (κ2) is 8.87. The number of piperazine rings is 1. The number of nitrogens with zero attached hydrogens (tertiary/aromatic N) is 2. The van der Waals surface area contributed by atoms with E-state index in [9.17, 15) is 18.0 Å². The molecule has 1 aliphatic rings. The number of rotatable bonds is 5. The summed E-state index contributed by atoms with van der Waals surface area (Å²) in [5.74, 6) is -0.513. The third-order valence-corrected chi connectivity index (χ3v) is 5.44. The molecular formula is C20H22F3N3OS. The van der Waals surface area contributed by atoms with Gasteiger partial charge in [-0.1, -0.05) is 30.3 Å². The molecule has 0 radical (unpaired) electrons. The molecule has 28 heavy (non-hydrogen) atoms. The first kappa shape index (κ1) is 20.5. The second-order valence-electron chi connectivity index (χ2n) is 6.65. The van der Waals surface area contributed by atoms with Gasteiger partial charge in [0.25, 0.3) is 5.91 Å². The van der Waals surface area contributed by atoms with Gasteiger partial charge in [0.1, 0.15) is 0 Å². The minimum Gasteiger partial charge on any atom is -0.369 e. The summed E-state index contributed by atoms with van der Waals surface area (Å²) in [6.45, 7) is 3.97. The van der Waals surface area contributed by atoms with Crippen molar-refractivity contribution in [3.63, 3.8) is 0 Å². The number of carbonyl (C=O) groups excluding carboxylic acids is 1. The molecule has 2 aromatic carbocycles. The average Bonchev–Trinajstić information content (AvgIpc) is 2.66. The number of halogens is 3. The zero-order valence-corrected chi connectivity index (χ0v) is 16.3. The lowest BCUT2D eigenvalue weighted by molar-refractivity contribution is -0.0328. The highest BCUT2D eigenvalue weighted by molar-refractivity contribution is 8.00. The van der Waals surface area contributed by atoms with Crippen LogP contribution in [0.5, 0.6) is 0 Å². The molecule has 1 heterocycles. The third kappa shape index (κ3) is 5.42. The largest absolute Gasteiger partial charge is 0.446 e. The van der Waals surface area contributed by atoms with Crippen LogP contribution in [-0.4, -0.2) is 49.5 Å². The van der Waals surface area contributed by atoms with Crippen molar-refractivity contribution in [3.05, 3.63) is 59.7 Å². The van der Waals surface area contributed by atoms with Crippen LogP contribution in [0.1, 0.15) is 15.9 Å². The summed E-state index contributed by atoms with van der Waals surface area (Å²) < 4.78 is 38.2. The minimum atomic E-state index is -4.44. The van der Waals surface area contributed by atoms with Gasteiger partial charge in [0.2, 0.25) is 0 Å². The summed E-state index contributed by atoms with van der Waals surface area (Å²) in [5, 5.41) is 2.77. The lowest BCUT2D eigenvalue weighted by Gasteiger charge is -2.35. The summed E-state index contributed by atoms with van der Waals surface area (Å²) in [5.41, 5.74) is -2.41. The van der Waals surface area contributed by atoms with Crippen LogP contribution >= 0.6 is 11.8 Å². The van der Waals surface area contributed by atoms with Crippen LogP contribution in [-0.2, 0) is 6.54 Å². The van der Waals surface area contributed by atoms with Crippen molar-refractivity contribution in [1.82, 2.24) is 10.2 Å². The first-order valence-electron chi connectivity index (χ1n) is 8.98. The summed E-state index contributed by atoms with van der Waals surface area (Å²) >= 11 is -0.270. The Morgan fingerprint density at radius 3 is 2.39 bits per heavy atom. The number of benzene rings is 2. The number of likely N-dealkylation sites (N-methyl/N-ethyl adjacent to an activating group) is 1. The molecule has 0 spiro atoms. The van der Waals surface area contributed by atoms with E-state index in [0.717, 1.165) is 37.4 Å². The topological polar surface area (TPSA) is 35.6 Å². The molecule has 0 aromatic heterocycles. The van der Waals surface area contributed by atoms with E-state index in [1.54, 1.807) is 6.07 Å². The van der Waals surface area contributed by atoms with Crippen molar-refractivity contribution in [3.8, 4) is 0 Å². The quantitative estimate of drug-likeness (QED) is 0.758. The van der Waals surface area contributed by atoms with E-state index in [-0.39, 0.29) is 28.8 Å². The van der Waals surface area contributed by atoms with E-state index in [2.05, 4.69) is 22.2 Å². The predicted molar refractivity (Wildman–Crippen MR) is 106 cm³/mol. The normalized spacial score (nSPS) is 15.5. The van der Waals surface area contributed by atoms with E-state index in [0.29, 0.717) is 0 Å². The fourth-order valence-electron chi connectivity index (χ4n) is 3.15. The van der Waals surface area contributed by atoms with Crippen LogP contribution in [0.4, 0.5) is 18.9 Å². The Morgan fingerprint density at radius 2 is 1.68 bits per heavy atom. The van der Waals surface area contributed by atoms with Gasteiger partial charge in [-0.25, -0.2) is 0 Å². The fourth-order valence-corrected chi connectivity index (χ4v) is 3.82. The maximum absolute atomic E-state index is 12.7. The van der Waals surface area contributed by atoms with Crippen LogP contribution in [0.15, 0.2) is 53.4 Å². The molecule has 0 unspecified atom stereocenters. The number of thioether (sulfide) groups is 1. The van der Waals surface area contributed by atoms with Gasteiger partial charge >= 0.3 is 5.51 Å². The van der Waals surface area contributed by atoms with Gasteiger partial charge in [-0.05, 0) is 42.6 Å². The number of hydrogen-bond donors (Lipinski definition) is 1. The number of alkyl halides is 3. The Balaban J connectivity index is 1.71. The van der Waals surface area contributed by atoms with Gasteiger partial charge in [0.15, 0.2) is 0 Å². The van der Waals surface area contributed by atoms with Crippen molar-refractivity contribution in [2.45, 2.75) is 16.9 Å². The standard InChI is InChI=1S/C20H22F3N3OS/c1-25-10-12-26(13-11-25)17-8-4-2-6-15(17)14-24-19(27)16-7-3-5-9-18(16)28-20(21,22)23/h2-9H,10-14H2,1H3,(H,24,27). The molecule has 3 rings (SSSR count). The monoisotopic (exact) mass is 409 g/mol. The van der Waals surface area contributed by atoms with Crippen LogP contribution in [0.3, 0.4) is 0 Å². The Bertz CT molecular complexity index is 820. The maximum atomic E-state index is 12.7. The van der Waals surface area contributed by atoms with E-state index in [1.165, 1.54) is 18.2 Å². The third-order valence-electron chi connectivity index (χ3n) is 4.63. The molecule has 1 saturated heterocycles. The van der Waals surface area contributed by atoms with Crippen LogP contribution in [0.25, 0.3) is 0 Å². The maximum Gasteiger partial charge on any atom is 0.446 e. The minimum absolute atomic E-state index is 0.0295. The molecule has 4 nitrogen and oxygen atoms in total. The molecule has 8 heteroatoms. The lowest BCUT2D eigenvalue weighted by Crippen LogP contribution is -2.45. The first-order chi connectivity index (χ1) is 13.3. The van der Waals surface area contributed by atoms with E-state index >= 15 is 0 Å². The van der Waals surface area contributed by atoms with Crippen molar-refractivity contribution in [1.29, 1.82) is 0 Å². The highest BCUT2D eigenvalue weighted by atomic mass is 32.2. The second-order valence-corrected chi connectivity index (χ2v) is 7.75. The lowest BCUT2D eigenvalue weighted by atomic mass is 10.1. The SMILES string of the molecule is CN1CCN(c2ccccc2CNC(=O)c2ccccc2SC(F)(F)F)CC1. The van der Waals surface area contributed by atoms with Crippen molar-refractivity contribution >= 4 is 23.4 Å². The number of nitrogens with one attached hydrogen (secondary N) is 1. The molecule has 0 aliphatic carbocycles. The number of amides is 1. The van der Waals surface area contributed by atoms with E-state index < -0.39 is 11.4 Å².